The largest absolute Gasteiger partial charge is 0.308 e. The number of hydrogen-bond donors (Lipinski definition) is 0. The fraction of sp³-hybridized carbons (Fsp3) is 1.00. The molecule has 0 atom stereocenters. The molecule has 4 nitrogen and oxygen atoms in total. The van der Waals surface area contributed by atoms with Crippen molar-refractivity contribution in [1.29, 1.82) is 0 Å². The van der Waals surface area contributed by atoms with Crippen molar-refractivity contribution in [2.45, 2.75) is 20.8 Å². The summed E-state index contributed by atoms with van der Waals surface area (Å²) in [5, 5.41) is 0. The van der Waals surface area contributed by atoms with E-state index in [4.69, 9.17) is 4.18 Å². The third kappa shape index (κ3) is 8.47. The molecule has 0 aliphatic rings. The molecule has 0 saturated heterocycles. The van der Waals surface area contributed by atoms with Crippen molar-refractivity contribution in [2.75, 3.05) is 33.0 Å². The first-order valence-corrected chi connectivity index (χ1v) is 6.22. The molecular formula is C9H21NO3S. The van der Waals surface area contributed by atoms with Crippen LogP contribution in [0.5, 0.6) is 0 Å². The third-order valence-electron chi connectivity index (χ3n) is 1.46. The van der Waals surface area contributed by atoms with Gasteiger partial charge < -0.3 is 4.90 Å². The summed E-state index contributed by atoms with van der Waals surface area (Å²) in [5.41, 5.74) is -0.120. The second kappa shape index (κ2) is 5.09. The highest BCUT2D eigenvalue weighted by atomic mass is 32.2. The molecule has 0 fully saturated rings. The third-order valence-corrected chi connectivity index (χ3v) is 2.62. The molecule has 0 aromatic rings. The summed E-state index contributed by atoms with van der Waals surface area (Å²) in [4.78, 5) is 1.82. The normalized spacial score (nSPS) is 13.6. The van der Waals surface area contributed by atoms with Crippen LogP contribution >= 0.6 is 0 Å². The summed E-state index contributed by atoms with van der Waals surface area (Å²) in [6, 6.07) is 0. The minimum absolute atomic E-state index is 0.0517. The summed E-state index contributed by atoms with van der Waals surface area (Å²) in [6.45, 7) is 6.55. The Morgan fingerprint density at radius 3 is 2.07 bits per heavy atom. The standard InChI is InChI=1S/C9H21NO3S/c1-9(2,3)8-13-14(11,12)7-6-10(4)5/h6-8H2,1-5H3. The van der Waals surface area contributed by atoms with E-state index in [1.54, 1.807) is 0 Å². The lowest BCUT2D eigenvalue weighted by Gasteiger charge is -2.18. The van der Waals surface area contributed by atoms with Crippen molar-refractivity contribution < 1.29 is 12.6 Å². The predicted octanol–water partition coefficient (Wildman–Crippen LogP) is 0.940. The lowest BCUT2D eigenvalue weighted by atomic mass is 9.99. The molecule has 0 spiro atoms. The second-order valence-electron chi connectivity index (χ2n) is 4.89. The lowest BCUT2D eigenvalue weighted by Crippen LogP contribution is -2.26. The first-order valence-electron chi connectivity index (χ1n) is 4.64. The fourth-order valence-electron chi connectivity index (χ4n) is 0.620. The Balaban J connectivity index is 3.97. The maximum absolute atomic E-state index is 11.3. The van der Waals surface area contributed by atoms with E-state index in [-0.39, 0.29) is 17.8 Å². The average molecular weight is 223 g/mol. The maximum atomic E-state index is 11.3. The lowest BCUT2D eigenvalue weighted by molar-refractivity contribution is 0.202. The van der Waals surface area contributed by atoms with Gasteiger partial charge in [-0.3, -0.25) is 4.18 Å². The summed E-state index contributed by atoms with van der Waals surface area (Å²) < 4.78 is 27.6. The fourth-order valence-corrected chi connectivity index (χ4v) is 1.86. The van der Waals surface area contributed by atoms with Crippen LogP contribution in [-0.2, 0) is 14.3 Å². The van der Waals surface area contributed by atoms with Crippen molar-refractivity contribution in [3.63, 3.8) is 0 Å². The predicted molar refractivity (Wildman–Crippen MR) is 57.7 cm³/mol. The van der Waals surface area contributed by atoms with Gasteiger partial charge in [0.1, 0.15) is 0 Å². The van der Waals surface area contributed by atoms with Crippen molar-refractivity contribution in [3.05, 3.63) is 0 Å². The van der Waals surface area contributed by atoms with E-state index in [1.165, 1.54) is 0 Å². The van der Waals surface area contributed by atoms with E-state index in [1.807, 2.05) is 39.8 Å². The van der Waals surface area contributed by atoms with Crippen LogP contribution in [0.15, 0.2) is 0 Å². The zero-order valence-electron chi connectivity index (χ0n) is 9.70. The van der Waals surface area contributed by atoms with Crippen molar-refractivity contribution in [1.82, 2.24) is 4.90 Å². The molecule has 86 valence electrons. The Kier molecular flexibility index (Phi) is 5.05. The maximum Gasteiger partial charge on any atom is 0.268 e. The minimum Gasteiger partial charge on any atom is -0.308 e. The quantitative estimate of drug-likeness (QED) is 0.651. The summed E-state index contributed by atoms with van der Waals surface area (Å²) >= 11 is 0. The Labute approximate surface area is 87.4 Å². The molecule has 0 unspecified atom stereocenters. The topological polar surface area (TPSA) is 46.6 Å². The molecule has 0 aromatic carbocycles. The highest BCUT2D eigenvalue weighted by Gasteiger charge is 2.17. The Bertz CT molecular complexity index is 252. The van der Waals surface area contributed by atoms with Crippen LogP contribution in [0.1, 0.15) is 20.8 Å². The molecular weight excluding hydrogens is 202 g/mol. The van der Waals surface area contributed by atoms with Gasteiger partial charge in [0.15, 0.2) is 0 Å². The van der Waals surface area contributed by atoms with E-state index in [9.17, 15) is 8.42 Å². The van der Waals surface area contributed by atoms with Crippen molar-refractivity contribution >= 4 is 10.1 Å². The molecule has 0 radical (unpaired) electrons. The van der Waals surface area contributed by atoms with Gasteiger partial charge in [-0.1, -0.05) is 20.8 Å². The van der Waals surface area contributed by atoms with E-state index >= 15 is 0 Å². The highest BCUT2D eigenvalue weighted by molar-refractivity contribution is 7.86. The molecule has 5 heteroatoms. The van der Waals surface area contributed by atoms with Gasteiger partial charge in [-0.25, -0.2) is 0 Å². The van der Waals surface area contributed by atoms with Crippen LogP contribution in [0.2, 0.25) is 0 Å². The molecule has 0 aliphatic heterocycles. The number of hydrogen-bond acceptors (Lipinski definition) is 4. The van der Waals surface area contributed by atoms with Crippen LogP contribution in [0.3, 0.4) is 0 Å². The van der Waals surface area contributed by atoms with Crippen LogP contribution in [0, 0.1) is 5.41 Å². The number of rotatable bonds is 5. The van der Waals surface area contributed by atoms with Gasteiger partial charge in [-0.15, -0.1) is 0 Å². The van der Waals surface area contributed by atoms with Gasteiger partial charge in [-0.2, -0.15) is 8.42 Å². The van der Waals surface area contributed by atoms with Crippen molar-refractivity contribution in [2.24, 2.45) is 5.41 Å². The summed E-state index contributed by atoms with van der Waals surface area (Å²) in [5.74, 6) is 0.0517. The number of nitrogens with zero attached hydrogens (tertiary/aromatic N) is 1. The van der Waals surface area contributed by atoms with Gasteiger partial charge >= 0.3 is 0 Å². The van der Waals surface area contributed by atoms with Crippen LogP contribution in [0.4, 0.5) is 0 Å². The summed E-state index contributed by atoms with van der Waals surface area (Å²) in [7, 11) is 0.314. The molecule has 0 bridgehead atoms. The van der Waals surface area contributed by atoms with E-state index in [0.717, 1.165) is 0 Å². The molecule has 0 N–H and O–H groups in total. The summed E-state index contributed by atoms with van der Waals surface area (Å²) in [6.07, 6.45) is 0. The Hall–Kier alpha value is -0.130. The zero-order valence-corrected chi connectivity index (χ0v) is 10.5. The first kappa shape index (κ1) is 13.9. The van der Waals surface area contributed by atoms with Crippen LogP contribution in [-0.4, -0.2) is 46.3 Å². The second-order valence-corrected chi connectivity index (χ2v) is 6.65. The molecule has 0 saturated carbocycles. The van der Waals surface area contributed by atoms with Gasteiger partial charge in [-0.05, 0) is 19.5 Å². The zero-order chi connectivity index (χ0) is 11.4. The van der Waals surface area contributed by atoms with Gasteiger partial charge in [0, 0.05) is 6.54 Å². The van der Waals surface area contributed by atoms with Gasteiger partial charge in [0.2, 0.25) is 0 Å². The van der Waals surface area contributed by atoms with Gasteiger partial charge in [0.05, 0.1) is 12.4 Å². The van der Waals surface area contributed by atoms with E-state index in [2.05, 4.69) is 0 Å². The van der Waals surface area contributed by atoms with Crippen LogP contribution in [0.25, 0.3) is 0 Å². The molecule has 0 heterocycles. The smallest absolute Gasteiger partial charge is 0.268 e. The molecule has 14 heavy (non-hydrogen) atoms. The SMILES string of the molecule is CN(C)CCS(=O)(=O)OCC(C)(C)C. The van der Waals surface area contributed by atoms with E-state index < -0.39 is 10.1 Å². The Morgan fingerprint density at radius 2 is 1.71 bits per heavy atom. The van der Waals surface area contributed by atoms with E-state index in [0.29, 0.717) is 6.54 Å². The Morgan fingerprint density at radius 1 is 1.21 bits per heavy atom. The average Bonchev–Trinajstić information content (AvgIpc) is 1.97. The molecule has 0 amide bonds. The molecule has 0 rings (SSSR count). The monoisotopic (exact) mass is 223 g/mol. The van der Waals surface area contributed by atoms with Gasteiger partial charge in [0.25, 0.3) is 10.1 Å². The van der Waals surface area contributed by atoms with Crippen LogP contribution < -0.4 is 0 Å². The first-order chi connectivity index (χ1) is 6.12. The minimum atomic E-state index is -3.35. The van der Waals surface area contributed by atoms with Crippen molar-refractivity contribution in [3.8, 4) is 0 Å². The highest BCUT2D eigenvalue weighted by Crippen LogP contribution is 2.14. The molecule has 0 aromatic heterocycles. The molecule has 0 aliphatic carbocycles.